The maximum absolute atomic E-state index is 12.9. The van der Waals surface area contributed by atoms with E-state index >= 15 is 0 Å². The number of hydrogen-bond donors (Lipinski definition) is 1. The molecule has 0 bridgehead atoms. The Morgan fingerprint density at radius 2 is 1.85 bits per heavy atom. The maximum atomic E-state index is 12.9. The first kappa shape index (κ1) is 22.0. The molecule has 1 N–H and O–H groups in total. The molecule has 1 aromatic heterocycles. The average molecular weight is 433 g/mol. The summed E-state index contributed by atoms with van der Waals surface area (Å²) in [6.07, 6.45) is 1.85. The van der Waals surface area contributed by atoms with Gasteiger partial charge in [-0.1, -0.05) is 43.1 Å². The number of carbonyl (C=O) groups is 1. The molecule has 0 atom stereocenters. The lowest BCUT2D eigenvalue weighted by molar-refractivity contribution is 0.0691. The van der Waals surface area contributed by atoms with Gasteiger partial charge in [0.25, 0.3) is 5.91 Å². The monoisotopic (exact) mass is 431 g/mol. The number of rotatable bonds is 4. The summed E-state index contributed by atoms with van der Waals surface area (Å²) in [6, 6.07) is 5.47. The molecule has 0 unspecified atom stereocenters. The Kier molecular flexibility index (Phi) is 7.51. The zero-order chi connectivity index (χ0) is 18.8. The molecule has 0 aliphatic carbocycles. The van der Waals surface area contributed by atoms with Crippen LogP contribution in [-0.2, 0) is 0 Å². The van der Waals surface area contributed by atoms with Crippen molar-refractivity contribution in [3.63, 3.8) is 0 Å². The molecule has 9 heteroatoms. The van der Waals surface area contributed by atoms with Crippen LogP contribution < -0.4 is 5.32 Å². The Morgan fingerprint density at radius 1 is 1.26 bits per heavy atom. The molecule has 0 radical (unpaired) electrons. The Balaban J connectivity index is 0.00000261. The number of piperidine rings is 1. The largest absolute Gasteiger partial charge is 0.336 e. The van der Waals surface area contributed by atoms with Crippen molar-refractivity contribution in [2.45, 2.75) is 38.6 Å². The van der Waals surface area contributed by atoms with Crippen LogP contribution in [0.2, 0.25) is 10.0 Å². The van der Waals surface area contributed by atoms with Crippen molar-refractivity contribution >= 4 is 41.5 Å². The molecule has 1 fully saturated rings. The van der Waals surface area contributed by atoms with Gasteiger partial charge in [0.2, 0.25) is 5.82 Å². The van der Waals surface area contributed by atoms with E-state index in [0.717, 1.165) is 25.9 Å². The van der Waals surface area contributed by atoms with Gasteiger partial charge in [0.15, 0.2) is 0 Å². The second-order valence-corrected chi connectivity index (χ2v) is 7.64. The molecule has 1 aliphatic rings. The molecule has 1 saturated heterocycles. The van der Waals surface area contributed by atoms with Gasteiger partial charge in [-0.15, -0.1) is 17.5 Å². The summed E-state index contributed by atoms with van der Waals surface area (Å²) < 4.78 is 1.60. The molecule has 2 aromatic rings. The Morgan fingerprint density at radius 3 is 2.41 bits per heavy atom. The first-order valence-electron chi connectivity index (χ1n) is 8.79. The van der Waals surface area contributed by atoms with Crippen LogP contribution in [0, 0.1) is 0 Å². The Hall–Kier alpha value is -1.34. The zero-order valence-electron chi connectivity index (χ0n) is 15.6. The molecule has 0 saturated carbocycles. The minimum absolute atomic E-state index is 0. The topological polar surface area (TPSA) is 63.1 Å². The molecule has 148 valence electrons. The van der Waals surface area contributed by atoms with Crippen molar-refractivity contribution in [3.8, 4) is 5.69 Å². The number of nitrogens with one attached hydrogen (secondary N) is 1. The van der Waals surface area contributed by atoms with Crippen molar-refractivity contribution in [2.75, 3.05) is 20.1 Å². The van der Waals surface area contributed by atoms with Crippen LogP contribution >= 0.6 is 35.6 Å². The molecule has 27 heavy (non-hydrogen) atoms. The summed E-state index contributed by atoms with van der Waals surface area (Å²) in [5.41, 5.74) is 0.551. The molecule has 2 heterocycles. The normalized spacial score (nSPS) is 14.9. The van der Waals surface area contributed by atoms with Crippen LogP contribution in [0.15, 0.2) is 18.2 Å². The van der Waals surface area contributed by atoms with Gasteiger partial charge in [-0.05, 0) is 38.1 Å². The highest BCUT2D eigenvalue weighted by Gasteiger charge is 2.28. The first-order chi connectivity index (χ1) is 12.4. The van der Waals surface area contributed by atoms with E-state index < -0.39 is 0 Å². The summed E-state index contributed by atoms with van der Waals surface area (Å²) in [7, 11) is 1.82. The van der Waals surface area contributed by atoms with Gasteiger partial charge in [0, 0.05) is 19.0 Å². The summed E-state index contributed by atoms with van der Waals surface area (Å²) in [5.74, 6) is 0.703. The maximum Gasteiger partial charge on any atom is 0.293 e. The van der Waals surface area contributed by atoms with Gasteiger partial charge < -0.3 is 10.2 Å². The second kappa shape index (κ2) is 9.24. The Labute approximate surface area is 175 Å². The van der Waals surface area contributed by atoms with Gasteiger partial charge in [-0.3, -0.25) is 4.79 Å². The van der Waals surface area contributed by atoms with Crippen molar-refractivity contribution in [3.05, 3.63) is 39.9 Å². The molecular weight excluding hydrogens is 409 g/mol. The number of benzene rings is 1. The van der Waals surface area contributed by atoms with E-state index in [-0.39, 0.29) is 36.1 Å². The highest BCUT2D eigenvalue weighted by molar-refractivity contribution is 6.37. The molecular formula is C18H24Cl3N5O. The van der Waals surface area contributed by atoms with E-state index in [1.54, 1.807) is 27.8 Å². The highest BCUT2D eigenvalue weighted by atomic mass is 35.5. The average Bonchev–Trinajstić information content (AvgIpc) is 3.06. The third-order valence-electron chi connectivity index (χ3n) is 4.67. The predicted molar refractivity (Wildman–Crippen MR) is 111 cm³/mol. The lowest BCUT2D eigenvalue weighted by atomic mass is 10.1. The van der Waals surface area contributed by atoms with E-state index in [2.05, 4.69) is 15.4 Å². The summed E-state index contributed by atoms with van der Waals surface area (Å²) in [4.78, 5) is 19.2. The van der Waals surface area contributed by atoms with Crippen LogP contribution in [-0.4, -0.2) is 51.8 Å². The third kappa shape index (κ3) is 4.57. The quantitative estimate of drug-likeness (QED) is 0.795. The number of halogens is 3. The van der Waals surface area contributed by atoms with Gasteiger partial charge >= 0.3 is 0 Å². The van der Waals surface area contributed by atoms with Gasteiger partial charge in [-0.25, -0.2) is 9.67 Å². The summed E-state index contributed by atoms with van der Waals surface area (Å²) >= 11 is 12.7. The summed E-state index contributed by atoms with van der Waals surface area (Å²) in [6.45, 7) is 5.82. The highest BCUT2D eigenvalue weighted by Crippen LogP contribution is 2.30. The molecule has 3 rings (SSSR count). The van der Waals surface area contributed by atoms with Crippen LogP contribution in [0.3, 0.4) is 0 Å². The van der Waals surface area contributed by atoms with Crippen LogP contribution in [0.1, 0.15) is 49.1 Å². The lowest BCUT2D eigenvalue weighted by Crippen LogP contribution is -2.44. The van der Waals surface area contributed by atoms with E-state index in [1.165, 1.54) is 0 Å². The number of amides is 1. The van der Waals surface area contributed by atoms with Crippen LogP contribution in [0.4, 0.5) is 0 Å². The SMILES string of the molecule is CC(C)c1nc(C(=O)N(C)C2CCNCC2)nn1-c1c(Cl)cccc1Cl.Cl. The van der Waals surface area contributed by atoms with Crippen molar-refractivity contribution < 1.29 is 4.79 Å². The van der Waals surface area contributed by atoms with Crippen LogP contribution in [0.5, 0.6) is 0 Å². The van der Waals surface area contributed by atoms with Crippen molar-refractivity contribution in [1.29, 1.82) is 0 Å². The Bertz CT molecular complexity index is 782. The van der Waals surface area contributed by atoms with E-state index in [1.807, 2.05) is 20.9 Å². The number of carbonyl (C=O) groups excluding carboxylic acids is 1. The molecule has 1 aliphatic heterocycles. The fraction of sp³-hybridized carbons (Fsp3) is 0.500. The predicted octanol–water partition coefficient (Wildman–Crippen LogP) is 3.94. The fourth-order valence-corrected chi connectivity index (χ4v) is 3.72. The number of hydrogen-bond acceptors (Lipinski definition) is 4. The van der Waals surface area contributed by atoms with E-state index in [4.69, 9.17) is 23.2 Å². The minimum Gasteiger partial charge on any atom is -0.336 e. The van der Waals surface area contributed by atoms with Gasteiger partial charge in [0.1, 0.15) is 11.5 Å². The van der Waals surface area contributed by atoms with E-state index in [0.29, 0.717) is 21.6 Å². The van der Waals surface area contributed by atoms with Crippen LogP contribution in [0.25, 0.3) is 5.69 Å². The number of nitrogens with zero attached hydrogens (tertiary/aromatic N) is 4. The first-order valence-corrected chi connectivity index (χ1v) is 9.55. The minimum atomic E-state index is -0.180. The smallest absolute Gasteiger partial charge is 0.293 e. The number of para-hydroxylation sites is 1. The second-order valence-electron chi connectivity index (χ2n) is 6.83. The third-order valence-corrected chi connectivity index (χ3v) is 5.28. The lowest BCUT2D eigenvalue weighted by Gasteiger charge is -2.30. The van der Waals surface area contributed by atoms with E-state index in [9.17, 15) is 4.79 Å². The molecule has 6 nitrogen and oxygen atoms in total. The fourth-order valence-electron chi connectivity index (χ4n) is 3.16. The van der Waals surface area contributed by atoms with Gasteiger partial charge in [-0.2, -0.15) is 0 Å². The van der Waals surface area contributed by atoms with Gasteiger partial charge in [0.05, 0.1) is 10.0 Å². The molecule has 1 aromatic carbocycles. The summed E-state index contributed by atoms with van der Waals surface area (Å²) in [5, 5.41) is 8.71. The van der Waals surface area contributed by atoms with Crippen molar-refractivity contribution in [1.82, 2.24) is 25.0 Å². The standard InChI is InChI=1S/C18H23Cl2N5O.ClH/c1-11(2)17-22-16(18(26)24(3)12-7-9-21-10-8-12)23-25(17)15-13(19)5-4-6-14(15)20;/h4-6,11-12,21H,7-10H2,1-3H3;1H. The number of aromatic nitrogens is 3. The zero-order valence-corrected chi connectivity index (χ0v) is 17.9. The van der Waals surface area contributed by atoms with Crippen molar-refractivity contribution in [2.24, 2.45) is 0 Å². The molecule has 1 amide bonds. The molecule has 0 spiro atoms.